The minimum Gasteiger partial charge on any atom is -0.352 e. The van der Waals surface area contributed by atoms with Gasteiger partial charge in [0.2, 0.25) is 0 Å². The molecule has 136 valence electrons. The Bertz CT molecular complexity index is 882. The zero-order valence-electron chi connectivity index (χ0n) is 15.5. The number of fused-ring (bicyclic) bond motifs is 1. The van der Waals surface area contributed by atoms with E-state index in [1.54, 1.807) is 7.05 Å². The fourth-order valence-corrected chi connectivity index (χ4v) is 2.78. The second-order valence-corrected chi connectivity index (χ2v) is 6.38. The Morgan fingerprint density at radius 2 is 1.85 bits per heavy atom. The van der Waals surface area contributed by atoms with E-state index < -0.39 is 0 Å². The van der Waals surface area contributed by atoms with E-state index in [1.165, 1.54) is 11.1 Å². The number of aromatic nitrogens is 3. The van der Waals surface area contributed by atoms with Crippen LogP contribution in [0.2, 0.25) is 0 Å². The number of benzene rings is 1. The Morgan fingerprint density at radius 3 is 2.65 bits per heavy atom. The number of pyridine rings is 1. The largest absolute Gasteiger partial charge is 0.352 e. The maximum Gasteiger partial charge on any atom is 0.191 e. The van der Waals surface area contributed by atoms with Crippen molar-refractivity contribution in [1.82, 2.24) is 30.1 Å². The number of guanidine groups is 1. The fraction of sp³-hybridized carbons (Fsp3) is 0.316. The van der Waals surface area contributed by atoms with Crippen molar-refractivity contribution in [2.45, 2.75) is 19.6 Å². The zero-order valence-corrected chi connectivity index (χ0v) is 15.5. The van der Waals surface area contributed by atoms with Gasteiger partial charge in [-0.1, -0.05) is 30.3 Å². The van der Waals surface area contributed by atoms with Crippen LogP contribution in [0.1, 0.15) is 17.0 Å². The van der Waals surface area contributed by atoms with Crippen LogP contribution < -0.4 is 10.6 Å². The van der Waals surface area contributed by atoms with Gasteiger partial charge in [-0.15, -0.1) is 10.2 Å². The first-order valence-corrected chi connectivity index (χ1v) is 8.61. The van der Waals surface area contributed by atoms with Gasteiger partial charge in [-0.05, 0) is 37.4 Å². The second kappa shape index (κ2) is 8.44. The van der Waals surface area contributed by atoms with Crippen LogP contribution in [0.25, 0.3) is 5.65 Å². The number of aliphatic imine (C=N–C) groups is 1. The molecule has 0 saturated heterocycles. The molecular formula is C19H25N7. The first kappa shape index (κ1) is 17.9. The highest BCUT2D eigenvalue weighted by Gasteiger charge is 2.06. The first-order valence-electron chi connectivity index (χ1n) is 8.61. The lowest BCUT2D eigenvalue weighted by Crippen LogP contribution is -2.36. The monoisotopic (exact) mass is 351 g/mol. The van der Waals surface area contributed by atoms with E-state index in [1.807, 2.05) is 28.8 Å². The lowest BCUT2D eigenvalue weighted by atomic mass is 10.1. The van der Waals surface area contributed by atoms with E-state index in [2.05, 4.69) is 69.1 Å². The summed E-state index contributed by atoms with van der Waals surface area (Å²) in [5.41, 5.74) is 3.36. The summed E-state index contributed by atoms with van der Waals surface area (Å²) in [7, 11) is 5.91. The molecule has 0 amide bonds. The van der Waals surface area contributed by atoms with Crippen LogP contribution in [0.3, 0.4) is 0 Å². The van der Waals surface area contributed by atoms with E-state index in [0.717, 1.165) is 24.0 Å². The smallest absolute Gasteiger partial charge is 0.191 e. The van der Waals surface area contributed by atoms with Crippen molar-refractivity contribution in [2.24, 2.45) is 4.99 Å². The van der Waals surface area contributed by atoms with Gasteiger partial charge in [0, 0.05) is 26.3 Å². The molecule has 2 heterocycles. The SMILES string of the molecule is CN=C(NCc1cccc(CN(C)C)c1)NCc1nnc2ccccn12. The molecule has 1 aromatic carbocycles. The Hall–Kier alpha value is -2.93. The second-order valence-electron chi connectivity index (χ2n) is 6.38. The first-order chi connectivity index (χ1) is 12.7. The molecule has 0 radical (unpaired) electrons. The average molecular weight is 351 g/mol. The molecule has 0 unspecified atom stereocenters. The Balaban J connectivity index is 1.57. The summed E-state index contributed by atoms with van der Waals surface area (Å²) in [4.78, 5) is 6.44. The van der Waals surface area contributed by atoms with Crippen molar-refractivity contribution in [3.8, 4) is 0 Å². The third-order valence-corrected chi connectivity index (χ3v) is 3.97. The number of nitrogens with zero attached hydrogens (tertiary/aromatic N) is 5. The van der Waals surface area contributed by atoms with Crippen LogP contribution in [0.15, 0.2) is 53.7 Å². The van der Waals surface area contributed by atoms with Gasteiger partial charge in [-0.25, -0.2) is 0 Å². The molecule has 26 heavy (non-hydrogen) atoms. The van der Waals surface area contributed by atoms with Crippen LogP contribution in [0.5, 0.6) is 0 Å². The minimum atomic E-state index is 0.547. The van der Waals surface area contributed by atoms with Crippen LogP contribution in [-0.2, 0) is 19.6 Å². The van der Waals surface area contributed by atoms with Crippen LogP contribution in [0.4, 0.5) is 0 Å². The maximum absolute atomic E-state index is 4.28. The third-order valence-electron chi connectivity index (χ3n) is 3.97. The number of hydrogen-bond donors (Lipinski definition) is 2. The summed E-state index contributed by atoms with van der Waals surface area (Å²) in [6.07, 6.45) is 1.96. The van der Waals surface area contributed by atoms with Gasteiger partial charge in [0.25, 0.3) is 0 Å². The molecule has 0 aliphatic rings. The topological polar surface area (TPSA) is 69.8 Å². The summed E-state index contributed by atoms with van der Waals surface area (Å²) in [6, 6.07) is 14.4. The van der Waals surface area contributed by atoms with Crippen LogP contribution in [0, 0.1) is 0 Å². The quantitative estimate of drug-likeness (QED) is 0.522. The fourth-order valence-electron chi connectivity index (χ4n) is 2.78. The van der Waals surface area contributed by atoms with Gasteiger partial charge in [0.1, 0.15) is 0 Å². The van der Waals surface area contributed by atoms with E-state index in [0.29, 0.717) is 13.1 Å². The molecule has 0 atom stereocenters. The maximum atomic E-state index is 4.28. The van der Waals surface area contributed by atoms with Crippen molar-refractivity contribution in [2.75, 3.05) is 21.1 Å². The molecule has 2 N–H and O–H groups in total. The van der Waals surface area contributed by atoms with E-state index >= 15 is 0 Å². The van der Waals surface area contributed by atoms with Gasteiger partial charge in [-0.2, -0.15) is 0 Å². The number of hydrogen-bond acceptors (Lipinski definition) is 4. The summed E-state index contributed by atoms with van der Waals surface area (Å²) in [5, 5.41) is 15.0. The van der Waals surface area contributed by atoms with E-state index in [4.69, 9.17) is 0 Å². The van der Waals surface area contributed by atoms with Crippen LogP contribution >= 0.6 is 0 Å². The molecule has 7 nitrogen and oxygen atoms in total. The predicted molar refractivity (Wildman–Crippen MR) is 104 cm³/mol. The summed E-state index contributed by atoms with van der Waals surface area (Å²) in [5.74, 6) is 1.58. The van der Waals surface area contributed by atoms with Crippen molar-refractivity contribution in [3.05, 3.63) is 65.6 Å². The van der Waals surface area contributed by atoms with Crippen molar-refractivity contribution in [1.29, 1.82) is 0 Å². The molecule has 3 aromatic rings. The third kappa shape index (κ3) is 4.58. The summed E-state index contributed by atoms with van der Waals surface area (Å²) < 4.78 is 1.96. The minimum absolute atomic E-state index is 0.547. The Labute approximate surface area is 153 Å². The van der Waals surface area contributed by atoms with E-state index in [-0.39, 0.29) is 0 Å². The highest BCUT2D eigenvalue weighted by Crippen LogP contribution is 2.07. The molecule has 0 spiro atoms. The Morgan fingerprint density at radius 1 is 1.04 bits per heavy atom. The van der Waals surface area contributed by atoms with Crippen molar-refractivity contribution in [3.63, 3.8) is 0 Å². The molecule has 0 aliphatic heterocycles. The highest BCUT2D eigenvalue weighted by molar-refractivity contribution is 5.79. The van der Waals surface area contributed by atoms with Gasteiger partial charge >= 0.3 is 0 Å². The summed E-state index contributed by atoms with van der Waals surface area (Å²) in [6.45, 7) is 2.19. The van der Waals surface area contributed by atoms with E-state index in [9.17, 15) is 0 Å². The molecular weight excluding hydrogens is 326 g/mol. The lowest BCUT2D eigenvalue weighted by molar-refractivity contribution is 0.402. The molecule has 0 saturated carbocycles. The normalized spacial score (nSPS) is 11.9. The molecule has 0 aliphatic carbocycles. The molecule has 7 heteroatoms. The van der Waals surface area contributed by atoms with Crippen molar-refractivity contribution < 1.29 is 0 Å². The standard InChI is InChI=1S/C19H25N7/c1-20-19(21-12-15-7-6-8-16(11-15)14-25(2)3)22-13-18-24-23-17-9-4-5-10-26(17)18/h4-11H,12-14H2,1-3H3,(H2,20,21,22). The average Bonchev–Trinajstić information content (AvgIpc) is 3.05. The van der Waals surface area contributed by atoms with Gasteiger partial charge in [0.15, 0.2) is 17.4 Å². The Kier molecular flexibility index (Phi) is 5.80. The zero-order chi connectivity index (χ0) is 18.4. The molecule has 0 fully saturated rings. The van der Waals surface area contributed by atoms with Gasteiger partial charge in [-0.3, -0.25) is 9.39 Å². The van der Waals surface area contributed by atoms with Crippen LogP contribution in [-0.4, -0.2) is 46.6 Å². The predicted octanol–water partition coefficient (Wildman–Crippen LogP) is 1.66. The number of nitrogens with one attached hydrogen (secondary N) is 2. The molecule has 0 bridgehead atoms. The van der Waals surface area contributed by atoms with Crippen molar-refractivity contribution >= 4 is 11.6 Å². The molecule has 3 rings (SSSR count). The summed E-state index contributed by atoms with van der Waals surface area (Å²) >= 11 is 0. The van der Waals surface area contributed by atoms with Gasteiger partial charge < -0.3 is 15.5 Å². The van der Waals surface area contributed by atoms with Gasteiger partial charge in [0.05, 0.1) is 6.54 Å². The molecule has 2 aromatic heterocycles. The highest BCUT2D eigenvalue weighted by atomic mass is 15.3. The number of rotatable bonds is 6. The lowest BCUT2D eigenvalue weighted by Gasteiger charge is -2.13.